The number of carbonyl (C=O) groups excluding carboxylic acids is 1. The van der Waals surface area contributed by atoms with Crippen molar-refractivity contribution < 1.29 is 4.79 Å². The number of nitrogens with one attached hydrogen (secondary N) is 1. The molecule has 1 saturated heterocycles. The molecule has 1 aliphatic heterocycles. The number of hydrogen-bond donors (Lipinski definition) is 1. The number of hydrogen-bond acceptors (Lipinski definition) is 2. The Kier molecular flexibility index (Phi) is 6.31. The van der Waals surface area contributed by atoms with Crippen LogP contribution in [0.3, 0.4) is 0 Å². The van der Waals surface area contributed by atoms with Crippen molar-refractivity contribution in [2.45, 2.75) is 52.0 Å². The summed E-state index contributed by atoms with van der Waals surface area (Å²) in [6, 6.07) is 8.44. The topological polar surface area (TPSA) is 35.6 Å². The molecule has 4 nitrogen and oxygen atoms in total. The molecule has 2 amide bonds. The molecule has 1 aliphatic rings. The highest BCUT2D eigenvalue weighted by molar-refractivity contribution is 5.89. The molecule has 1 unspecified atom stereocenters. The van der Waals surface area contributed by atoms with E-state index in [1.165, 1.54) is 12.8 Å². The van der Waals surface area contributed by atoms with Crippen molar-refractivity contribution in [3.05, 3.63) is 24.3 Å². The minimum absolute atomic E-state index is 0.0511. The second-order valence-electron chi connectivity index (χ2n) is 7.20. The van der Waals surface area contributed by atoms with Crippen LogP contribution in [0, 0.1) is 5.92 Å². The zero-order valence-electron chi connectivity index (χ0n) is 15.0. The summed E-state index contributed by atoms with van der Waals surface area (Å²) in [7, 11) is 4.03. The van der Waals surface area contributed by atoms with Crippen LogP contribution in [0.2, 0.25) is 0 Å². The first-order valence-corrected chi connectivity index (χ1v) is 8.82. The number of benzene rings is 1. The van der Waals surface area contributed by atoms with Gasteiger partial charge in [0.25, 0.3) is 0 Å². The molecule has 1 N–H and O–H groups in total. The summed E-state index contributed by atoms with van der Waals surface area (Å²) in [5.41, 5.74) is 2.00. The summed E-state index contributed by atoms with van der Waals surface area (Å²) < 4.78 is 0. The molecule has 1 atom stereocenters. The lowest BCUT2D eigenvalue weighted by Gasteiger charge is -2.31. The van der Waals surface area contributed by atoms with E-state index in [-0.39, 0.29) is 6.03 Å². The van der Waals surface area contributed by atoms with Gasteiger partial charge in [0.15, 0.2) is 0 Å². The maximum absolute atomic E-state index is 12.7. The summed E-state index contributed by atoms with van der Waals surface area (Å²) in [6.45, 7) is 5.35. The number of carbonyl (C=O) groups is 1. The van der Waals surface area contributed by atoms with Crippen molar-refractivity contribution in [1.82, 2.24) is 4.90 Å². The molecule has 1 heterocycles. The van der Waals surface area contributed by atoms with Gasteiger partial charge >= 0.3 is 6.03 Å². The Morgan fingerprint density at radius 1 is 1.22 bits per heavy atom. The van der Waals surface area contributed by atoms with Gasteiger partial charge in [-0.25, -0.2) is 4.79 Å². The predicted octanol–water partition coefficient (Wildman–Crippen LogP) is 4.58. The highest BCUT2D eigenvalue weighted by Gasteiger charge is 2.26. The second-order valence-corrected chi connectivity index (χ2v) is 7.20. The van der Waals surface area contributed by atoms with Crippen molar-refractivity contribution in [1.29, 1.82) is 0 Å². The largest absolute Gasteiger partial charge is 0.378 e. The average molecular weight is 317 g/mol. The van der Waals surface area contributed by atoms with Gasteiger partial charge in [0.2, 0.25) is 0 Å². The van der Waals surface area contributed by atoms with Gasteiger partial charge in [-0.3, -0.25) is 0 Å². The first kappa shape index (κ1) is 17.6. The summed E-state index contributed by atoms with van der Waals surface area (Å²) in [5.74, 6) is 0.618. The Morgan fingerprint density at radius 3 is 2.52 bits per heavy atom. The van der Waals surface area contributed by atoms with Crippen LogP contribution in [0.4, 0.5) is 16.2 Å². The third-order valence-corrected chi connectivity index (χ3v) is 4.52. The highest BCUT2D eigenvalue weighted by Crippen LogP contribution is 2.24. The molecule has 0 bridgehead atoms. The van der Waals surface area contributed by atoms with E-state index in [9.17, 15) is 4.79 Å². The average Bonchev–Trinajstić information content (AvgIpc) is 2.72. The van der Waals surface area contributed by atoms with Crippen LogP contribution in [0.15, 0.2) is 24.3 Å². The molecule has 1 fully saturated rings. The number of anilines is 2. The second kappa shape index (κ2) is 8.23. The zero-order chi connectivity index (χ0) is 16.8. The highest BCUT2D eigenvalue weighted by atomic mass is 16.2. The van der Waals surface area contributed by atoms with Crippen molar-refractivity contribution in [2.75, 3.05) is 30.9 Å². The van der Waals surface area contributed by atoms with Gasteiger partial charge in [0, 0.05) is 38.1 Å². The Hall–Kier alpha value is -1.71. The Labute approximate surface area is 140 Å². The van der Waals surface area contributed by atoms with Crippen LogP contribution in [-0.2, 0) is 0 Å². The number of rotatable bonds is 4. The summed E-state index contributed by atoms with van der Waals surface area (Å²) in [5, 5.41) is 3.08. The Balaban J connectivity index is 2.03. The molecule has 128 valence electrons. The Morgan fingerprint density at radius 2 is 1.91 bits per heavy atom. The molecule has 23 heavy (non-hydrogen) atoms. The fourth-order valence-electron chi connectivity index (χ4n) is 3.27. The van der Waals surface area contributed by atoms with Gasteiger partial charge in [-0.1, -0.05) is 26.7 Å². The molecule has 4 heteroatoms. The van der Waals surface area contributed by atoms with Crippen LogP contribution < -0.4 is 10.2 Å². The van der Waals surface area contributed by atoms with Crippen molar-refractivity contribution in [2.24, 2.45) is 5.92 Å². The SMILES string of the molecule is CC(C)CC1CCCCCN1C(=O)Nc1ccc(N(C)C)cc1. The lowest BCUT2D eigenvalue weighted by molar-refractivity contribution is 0.178. The minimum atomic E-state index is 0.0511. The van der Waals surface area contributed by atoms with Crippen molar-refractivity contribution >= 4 is 17.4 Å². The molecule has 1 aromatic carbocycles. The number of nitrogens with zero attached hydrogens (tertiary/aromatic N) is 2. The molecule has 2 rings (SSSR count). The van der Waals surface area contributed by atoms with Crippen LogP contribution in [0.1, 0.15) is 46.0 Å². The number of amides is 2. The van der Waals surface area contributed by atoms with E-state index in [1.807, 2.05) is 38.4 Å². The van der Waals surface area contributed by atoms with Gasteiger partial charge in [0.05, 0.1) is 0 Å². The predicted molar refractivity (Wildman–Crippen MR) is 98.2 cm³/mol. The lowest BCUT2D eigenvalue weighted by atomic mass is 9.99. The molecular weight excluding hydrogens is 286 g/mol. The molecule has 0 radical (unpaired) electrons. The lowest BCUT2D eigenvalue weighted by Crippen LogP contribution is -2.43. The molecule has 0 aromatic heterocycles. The minimum Gasteiger partial charge on any atom is -0.378 e. The first-order valence-electron chi connectivity index (χ1n) is 8.82. The molecule has 0 spiro atoms. The summed E-state index contributed by atoms with van der Waals surface area (Å²) >= 11 is 0. The van der Waals surface area contributed by atoms with E-state index in [0.29, 0.717) is 12.0 Å². The normalized spacial score (nSPS) is 18.7. The van der Waals surface area contributed by atoms with Crippen LogP contribution in [-0.4, -0.2) is 37.6 Å². The maximum Gasteiger partial charge on any atom is 0.322 e. The van der Waals surface area contributed by atoms with Crippen LogP contribution >= 0.6 is 0 Å². The van der Waals surface area contributed by atoms with E-state index < -0.39 is 0 Å². The van der Waals surface area contributed by atoms with Gasteiger partial charge in [-0.15, -0.1) is 0 Å². The fraction of sp³-hybridized carbons (Fsp3) is 0.632. The molecule has 1 aromatic rings. The summed E-state index contributed by atoms with van der Waals surface area (Å²) in [6.07, 6.45) is 5.80. The monoisotopic (exact) mass is 317 g/mol. The Bertz CT molecular complexity index is 496. The van der Waals surface area contributed by atoms with E-state index in [0.717, 1.165) is 37.2 Å². The van der Waals surface area contributed by atoms with E-state index in [4.69, 9.17) is 0 Å². The quantitative estimate of drug-likeness (QED) is 0.882. The van der Waals surface area contributed by atoms with Crippen LogP contribution in [0.25, 0.3) is 0 Å². The summed E-state index contributed by atoms with van der Waals surface area (Å²) in [4.78, 5) is 16.9. The van der Waals surface area contributed by atoms with E-state index >= 15 is 0 Å². The fourth-order valence-corrected chi connectivity index (χ4v) is 3.27. The maximum atomic E-state index is 12.7. The van der Waals surface area contributed by atoms with E-state index in [2.05, 4.69) is 29.0 Å². The number of urea groups is 1. The van der Waals surface area contributed by atoms with Gasteiger partial charge < -0.3 is 15.1 Å². The first-order chi connectivity index (χ1) is 11.0. The smallest absolute Gasteiger partial charge is 0.322 e. The molecular formula is C19H31N3O. The third kappa shape index (κ3) is 5.15. The van der Waals surface area contributed by atoms with Crippen LogP contribution in [0.5, 0.6) is 0 Å². The van der Waals surface area contributed by atoms with E-state index in [1.54, 1.807) is 0 Å². The number of likely N-dealkylation sites (tertiary alicyclic amines) is 1. The van der Waals surface area contributed by atoms with Gasteiger partial charge in [-0.05, 0) is 49.4 Å². The third-order valence-electron chi connectivity index (χ3n) is 4.52. The standard InChI is InChI=1S/C19H31N3O/c1-15(2)14-18-8-6-5-7-13-22(18)19(23)20-16-9-11-17(12-10-16)21(3)4/h9-12,15,18H,5-8,13-14H2,1-4H3,(H,20,23). The van der Waals surface area contributed by atoms with Crippen molar-refractivity contribution in [3.63, 3.8) is 0 Å². The van der Waals surface area contributed by atoms with Gasteiger partial charge in [-0.2, -0.15) is 0 Å². The molecule has 0 aliphatic carbocycles. The van der Waals surface area contributed by atoms with Gasteiger partial charge in [0.1, 0.15) is 0 Å². The van der Waals surface area contributed by atoms with Crippen molar-refractivity contribution in [3.8, 4) is 0 Å². The zero-order valence-corrected chi connectivity index (χ0v) is 15.0. The molecule has 0 saturated carbocycles.